The van der Waals surface area contributed by atoms with Crippen molar-refractivity contribution in [1.29, 1.82) is 0 Å². The summed E-state index contributed by atoms with van der Waals surface area (Å²) in [7, 11) is 0. The fraction of sp³-hybridized carbons (Fsp3) is 0.444. The van der Waals surface area contributed by atoms with Crippen LogP contribution in [0.3, 0.4) is 0 Å². The highest BCUT2D eigenvalue weighted by Gasteiger charge is 2.05. The third-order valence-electron chi connectivity index (χ3n) is 1.46. The zero-order valence-corrected chi connectivity index (χ0v) is 7.24. The number of ether oxygens (including phenoxy) is 1. The van der Waals surface area contributed by atoms with Crippen molar-refractivity contribution in [3.05, 3.63) is 23.7 Å². The Hall–Kier alpha value is -1.09. The number of carbonyl (C=O) groups is 1. The molecule has 0 aromatic carbocycles. The highest BCUT2D eigenvalue weighted by atomic mass is 16.5. The highest BCUT2D eigenvalue weighted by Crippen LogP contribution is 2.10. The summed E-state index contributed by atoms with van der Waals surface area (Å²) in [5.74, 6) is 0.357. The molecule has 1 heterocycles. The van der Waals surface area contributed by atoms with E-state index >= 15 is 0 Å². The van der Waals surface area contributed by atoms with Crippen LogP contribution in [0.1, 0.15) is 30.0 Å². The number of aldehydes is 1. The summed E-state index contributed by atoms with van der Waals surface area (Å²) in [4.78, 5) is 10.4. The van der Waals surface area contributed by atoms with Crippen LogP contribution in [0.2, 0.25) is 0 Å². The van der Waals surface area contributed by atoms with E-state index in [0.29, 0.717) is 18.7 Å². The highest BCUT2D eigenvalue weighted by molar-refractivity contribution is 5.72. The summed E-state index contributed by atoms with van der Waals surface area (Å²) in [6.07, 6.45) is 2.35. The Morgan fingerprint density at radius 2 is 2.42 bits per heavy atom. The molecule has 0 aliphatic carbocycles. The van der Waals surface area contributed by atoms with Gasteiger partial charge in [-0.2, -0.15) is 0 Å². The Balaban J connectivity index is 2.56. The van der Waals surface area contributed by atoms with E-state index in [2.05, 4.69) is 0 Å². The van der Waals surface area contributed by atoms with Gasteiger partial charge in [-0.1, -0.05) is 0 Å². The molecule has 0 aliphatic heterocycles. The average Bonchev–Trinajstić information content (AvgIpc) is 2.47. The van der Waals surface area contributed by atoms with E-state index in [1.807, 2.05) is 13.8 Å². The SMILES string of the molecule is CC(C)OCc1ccoc1C=O. The topological polar surface area (TPSA) is 39.4 Å². The van der Waals surface area contributed by atoms with Gasteiger partial charge in [0.2, 0.25) is 0 Å². The number of hydrogen-bond acceptors (Lipinski definition) is 3. The molecule has 1 rings (SSSR count). The van der Waals surface area contributed by atoms with Crippen molar-refractivity contribution in [3.63, 3.8) is 0 Å². The summed E-state index contributed by atoms with van der Waals surface area (Å²) < 4.78 is 10.2. The van der Waals surface area contributed by atoms with Crippen LogP contribution in [0.5, 0.6) is 0 Å². The van der Waals surface area contributed by atoms with Crippen LogP contribution in [0.4, 0.5) is 0 Å². The van der Waals surface area contributed by atoms with E-state index in [-0.39, 0.29) is 6.10 Å². The molecular formula is C9H12O3. The van der Waals surface area contributed by atoms with Crippen molar-refractivity contribution in [3.8, 4) is 0 Å². The van der Waals surface area contributed by atoms with Crippen LogP contribution in [0, 0.1) is 0 Å². The smallest absolute Gasteiger partial charge is 0.185 e. The monoisotopic (exact) mass is 168 g/mol. The van der Waals surface area contributed by atoms with Gasteiger partial charge in [0.1, 0.15) is 0 Å². The lowest BCUT2D eigenvalue weighted by atomic mass is 10.3. The molecule has 0 aliphatic rings. The molecule has 0 amide bonds. The molecule has 0 bridgehead atoms. The lowest BCUT2D eigenvalue weighted by Gasteiger charge is -2.05. The standard InChI is InChI=1S/C9H12O3/c1-7(2)12-6-8-3-4-11-9(8)5-10/h3-5,7H,6H2,1-2H3. The molecule has 1 aromatic rings. The second-order valence-corrected chi connectivity index (χ2v) is 2.79. The fourth-order valence-corrected chi connectivity index (χ4v) is 0.826. The van der Waals surface area contributed by atoms with Crippen molar-refractivity contribution in [1.82, 2.24) is 0 Å². The van der Waals surface area contributed by atoms with E-state index in [9.17, 15) is 4.79 Å². The van der Waals surface area contributed by atoms with Crippen LogP contribution in [0.15, 0.2) is 16.7 Å². The minimum absolute atomic E-state index is 0.166. The van der Waals surface area contributed by atoms with E-state index in [1.54, 1.807) is 6.07 Å². The zero-order valence-electron chi connectivity index (χ0n) is 7.24. The van der Waals surface area contributed by atoms with Crippen LogP contribution < -0.4 is 0 Å². The minimum atomic E-state index is 0.166. The molecule has 3 nitrogen and oxygen atoms in total. The van der Waals surface area contributed by atoms with E-state index in [0.717, 1.165) is 5.56 Å². The maximum absolute atomic E-state index is 10.4. The molecule has 0 spiro atoms. The molecule has 0 saturated carbocycles. The summed E-state index contributed by atoms with van der Waals surface area (Å²) >= 11 is 0. The van der Waals surface area contributed by atoms with Crippen LogP contribution >= 0.6 is 0 Å². The second kappa shape index (κ2) is 4.07. The third kappa shape index (κ3) is 2.20. The Bertz CT molecular complexity index is 250. The van der Waals surface area contributed by atoms with Gasteiger partial charge in [0.15, 0.2) is 12.0 Å². The first-order valence-corrected chi connectivity index (χ1v) is 3.87. The molecule has 66 valence electrons. The van der Waals surface area contributed by atoms with Gasteiger partial charge in [-0.15, -0.1) is 0 Å². The van der Waals surface area contributed by atoms with E-state index in [4.69, 9.17) is 9.15 Å². The third-order valence-corrected chi connectivity index (χ3v) is 1.46. The normalized spacial score (nSPS) is 10.6. The Kier molecular flexibility index (Phi) is 3.05. The molecular weight excluding hydrogens is 156 g/mol. The molecule has 0 radical (unpaired) electrons. The number of furan rings is 1. The molecule has 0 N–H and O–H groups in total. The Morgan fingerprint density at radius 1 is 1.67 bits per heavy atom. The summed E-state index contributed by atoms with van der Waals surface area (Å²) in [6, 6.07) is 1.74. The molecule has 0 atom stereocenters. The molecule has 3 heteroatoms. The fourth-order valence-electron chi connectivity index (χ4n) is 0.826. The number of carbonyl (C=O) groups excluding carboxylic acids is 1. The van der Waals surface area contributed by atoms with Gasteiger partial charge in [-0.25, -0.2) is 0 Å². The Morgan fingerprint density at radius 3 is 3.00 bits per heavy atom. The predicted octanol–water partition coefficient (Wildman–Crippen LogP) is 2.02. The number of rotatable bonds is 4. The van der Waals surface area contributed by atoms with Crippen molar-refractivity contribution in [2.45, 2.75) is 26.6 Å². The largest absolute Gasteiger partial charge is 0.461 e. The zero-order chi connectivity index (χ0) is 8.97. The first-order valence-electron chi connectivity index (χ1n) is 3.87. The van der Waals surface area contributed by atoms with Crippen molar-refractivity contribution in [2.24, 2.45) is 0 Å². The van der Waals surface area contributed by atoms with Crippen LogP contribution in [-0.2, 0) is 11.3 Å². The van der Waals surface area contributed by atoms with Gasteiger partial charge in [0.05, 0.1) is 19.0 Å². The number of hydrogen-bond donors (Lipinski definition) is 0. The predicted molar refractivity (Wildman–Crippen MR) is 44.0 cm³/mol. The first kappa shape index (κ1) is 9.00. The van der Waals surface area contributed by atoms with E-state index in [1.165, 1.54) is 6.26 Å². The van der Waals surface area contributed by atoms with Crippen molar-refractivity contribution in [2.75, 3.05) is 0 Å². The lowest BCUT2D eigenvalue weighted by molar-refractivity contribution is 0.0646. The Labute approximate surface area is 71.3 Å². The first-order chi connectivity index (χ1) is 5.74. The van der Waals surface area contributed by atoms with E-state index < -0.39 is 0 Å². The molecule has 1 aromatic heterocycles. The maximum atomic E-state index is 10.4. The van der Waals surface area contributed by atoms with Crippen LogP contribution in [0.25, 0.3) is 0 Å². The van der Waals surface area contributed by atoms with Gasteiger partial charge >= 0.3 is 0 Å². The maximum Gasteiger partial charge on any atom is 0.185 e. The van der Waals surface area contributed by atoms with Gasteiger partial charge in [-0.3, -0.25) is 4.79 Å². The van der Waals surface area contributed by atoms with Gasteiger partial charge in [-0.05, 0) is 19.9 Å². The van der Waals surface area contributed by atoms with Crippen molar-refractivity contribution < 1.29 is 13.9 Å². The average molecular weight is 168 g/mol. The second-order valence-electron chi connectivity index (χ2n) is 2.79. The molecule has 0 fully saturated rings. The van der Waals surface area contributed by atoms with Crippen LogP contribution in [-0.4, -0.2) is 12.4 Å². The van der Waals surface area contributed by atoms with Crippen molar-refractivity contribution >= 4 is 6.29 Å². The van der Waals surface area contributed by atoms with Gasteiger partial charge in [0, 0.05) is 5.56 Å². The molecule has 0 saturated heterocycles. The molecule has 0 unspecified atom stereocenters. The molecule has 12 heavy (non-hydrogen) atoms. The summed E-state index contributed by atoms with van der Waals surface area (Å²) in [6.45, 7) is 4.32. The summed E-state index contributed by atoms with van der Waals surface area (Å²) in [5.41, 5.74) is 0.804. The summed E-state index contributed by atoms with van der Waals surface area (Å²) in [5, 5.41) is 0. The minimum Gasteiger partial charge on any atom is -0.461 e. The van der Waals surface area contributed by atoms with Gasteiger partial charge < -0.3 is 9.15 Å². The van der Waals surface area contributed by atoms with Gasteiger partial charge in [0.25, 0.3) is 0 Å². The lowest BCUT2D eigenvalue weighted by Crippen LogP contribution is -2.02. The quantitative estimate of drug-likeness (QED) is 0.645.